The molecule has 0 saturated heterocycles. The molecule has 0 aliphatic heterocycles. The van der Waals surface area contributed by atoms with E-state index in [2.05, 4.69) is 22.2 Å². The Morgan fingerprint density at radius 2 is 2.19 bits per heavy atom. The molecule has 5 nitrogen and oxygen atoms in total. The van der Waals surface area contributed by atoms with Gasteiger partial charge in [-0.1, -0.05) is 6.92 Å². The highest BCUT2D eigenvalue weighted by atomic mass is 16.5. The lowest BCUT2D eigenvalue weighted by molar-refractivity contribution is 0.305. The summed E-state index contributed by atoms with van der Waals surface area (Å²) in [4.78, 5) is 8.15. The van der Waals surface area contributed by atoms with Gasteiger partial charge in [0, 0.05) is 18.2 Å². The Kier molecular flexibility index (Phi) is 4.49. The van der Waals surface area contributed by atoms with Gasteiger partial charge in [0.25, 0.3) is 0 Å². The zero-order valence-corrected chi connectivity index (χ0v) is 10.2. The largest absolute Gasteiger partial charge is 0.478 e. The van der Waals surface area contributed by atoms with E-state index < -0.39 is 0 Å². The van der Waals surface area contributed by atoms with Crippen molar-refractivity contribution in [3.63, 3.8) is 0 Å². The molecule has 0 aliphatic carbocycles. The molecule has 0 radical (unpaired) electrons. The molecule has 0 aromatic carbocycles. The first-order valence-electron chi connectivity index (χ1n) is 5.50. The summed E-state index contributed by atoms with van der Waals surface area (Å²) in [6, 6.07) is 1.78. The third-order valence-electron chi connectivity index (χ3n) is 2.07. The molecule has 3 N–H and O–H groups in total. The van der Waals surface area contributed by atoms with Gasteiger partial charge in [-0.15, -0.1) is 0 Å². The summed E-state index contributed by atoms with van der Waals surface area (Å²) in [7, 11) is 0. The van der Waals surface area contributed by atoms with Gasteiger partial charge >= 0.3 is 0 Å². The maximum atomic E-state index is 5.64. The highest BCUT2D eigenvalue weighted by Crippen LogP contribution is 2.15. The van der Waals surface area contributed by atoms with Crippen molar-refractivity contribution in [1.29, 1.82) is 0 Å². The quantitative estimate of drug-likeness (QED) is 0.764. The second-order valence-corrected chi connectivity index (χ2v) is 4.30. The van der Waals surface area contributed by atoms with Crippen LogP contribution in [-0.2, 0) is 0 Å². The Labute approximate surface area is 96.4 Å². The van der Waals surface area contributed by atoms with Crippen molar-refractivity contribution >= 4 is 5.82 Å². The average molecular weight is 224 g/mol. The number of nitrogens with zero attached hydrogens (tertiary/aromatic N) is 2. The molecule has 0 amide bonds. The Balaban J connectivity index is 2.67. The topological polar surface area (TPSA) is 73.1 Å². The Hall–Kier alpha value is -1.36. The van der Waals surface area contributed by atoms with Crippen LogP contribution in [0.1, 0.15) is 27.2 Å². The highest BCUT2D eigenvalue weighted by Gasteiger charge is 2.15. The van der Waals surface area contributed by atoms with Crippen LogP contribution in [0, 0.1) is 0 Å². The first-order chi connectivity index (χ1) is 7.57. The van der Waals surface area contributed by atoms with E-state index >= 15 is 0 Å². The summed E-state index contributed by atoms with van der Waals surface area (Å²) in [5.74, 6) is 1.32. The van der Waals surface area contributed by atoms with Gasteiger partial charge in [-0.05, 0) is 20.3 Å². The van der Waals surface area contributed by atoms with Gasteiger partial charge in [0.05, 0.1) is 6.61 Å². The molecule has 0 aliphatic rings. The van der Waals surface area contributed by atoms with Crippen LogP contribution in [0.25, 0.3) is 0 Å². The van der Waals surface area contributed by atoms with Crippen molar-refractivity contribution in [3.05, 3.63) is 12.4 Å². The SMILES string of the molecule is CCCOc1cc(NC(C)(C)CN)ncn1. The van der Waals surface area contributed by atoms with Gasteiger partial charge < -0.3 is 15.8 Å². The van der Waals surface area contributed by atoms with Crippen molar-refractivity contribution in [1.82, 2.24) is 9.97 Å². The van der Waals surface area contributed by atoms with E-state index in [1.54, 1.807) is 6.07 Å². The van der Waals surface area contributed by atoms with E-state index in [0.29, 0.717) is 19.0 Å². The van der Waals surface area contributed by atoms with Crippen molar-refractivity contribution in [2.75, 3.05) is 18.5 Å². The molecule has 1 aromatic rings. The molecule has 90 valence electrons. The van der Waals surface area contributed by atoms with Crippen molar-refractivity contribution < 1.29 is 4.74 Å². The minimum atomic E-state index is -0.184. The smallest absolute Gasteiger partial charge is 0.218 e. The van der Waals surface area contributed by atoms with Gasteiger partial charge in [0.2, 0.25) is 5.88 Å². The average Bonchev–Trinajstić information content (AvgIpc) is 2.26. The summed E-state index contributed by atoms with van der Waals surface area (Å²) in [6.45, 7) is 7.28. The van der Waals surface area contributed by atoms with Crippen molar-refractivity contribution in [2.45, 2.75) is 32.7 Å². The van der Waals surface area contributed by atoms with Crippen LogP contribution in [-0.4, -0.2) is 28.7 Å². The number of hydrogen-bond donors (Lipinski definition) is 2. The summed E-state index contributed by atoms with van der Waals surface area (Å²) >= 11 is 0. The predicted octanol–water partition coefficient (Wildman–Crippen LogP) is 1.41. The predicted molar refractivity (Wildman–Crippen MR) is 64.6 cm³/mol. The number of nitrogens with two attached hydrogens (primary N) is 1. The maximum Gasteiger partial charge on any atom is 0.218 e. The van der Waals surface area contributed by atoms with Crippen LogP contribution in [0.4, 0.5) is 5.82 Å². The van der Waals surface area contributed by atoms with Crippen molar-refractivity contribution in [3.8, 4) is 5.88 Å². The van der Waals surface area contributed by atoms with Gasteiger partial charge in [-0.2, -0.15) is 0 Å². The lowest BCUT2D eigenvalue weighted by Crippen LogP contribution is -2.39. The third kappa shape index (κ3) is 4.02. The molecule has 0 unspecified atom stereocenters. The first kappa shape index (κ1) is 12.7. The molecule has 0 atom stereocenters. The molecule has 0 spiro atoms. The fourth-order valence-electron chi connectivity index (χ4n) is 1.09. The molecule has 0 saturated carbocycles. The molecule has 1 aromatic heterocycles. The van der Waals surface area contributed by atoms with E-state index in [0.717, 1.165) is 12.2 Å². The minimum absolute atomic E-state index is 0.184. The number of anilines is 1. The van der Waals surface area contributed by atoms with Gasteiger partial charge in [-0.3, -0.25) is 0 Å². The van der Waals surface area contributed by atoms with Crippen LogP contribution in [0.2, 0.25) is 0 Å². The number of ether oxygens (including phenoxy) is 1. The lowest BCUT2D eigenvalue weighted by Gasteiger charge is -2.24. The lowest BCUT2D eigenvalue weighted by atomic mass is 10.1. The molecule has 1 heterocycles. The van der Waals surface area contributed by atoms with Gasteiger partial charge in [0.15, 0.2) is 0 Å². The Morgan fingerprint density at radius 1 is 1.44 bits per heavy atom. The van der Waals surface area contributed by atoms with E-state index in [4.69, 9.17) is 10.5 Å². The molecule has 1 rings (SSSR count). The fourth-order valence-corrected chi connectivity index (χ4v) is 1.09. The van der Waals surface area contributed by atoms with Crippen LogP contribution < -0.4 is 15.8 Å². The summed E-state index contributed by atoms with van der Waals surface area (Å²) in [5.41, 5.74) is 5.45. The minimum Gasteiger partial charge on any atom is -0.478 e. The Bertz CT molecular complexity index is 328. The molecular formula is C11H20N4O. The summed E-state index contributed by atoms with van der Waals surface area (Å²) in [6.07, 6.45) is 2.45. The standard InChI is InChI=1S/C11H20N4O/c1-4-5-16-10-6-9(13-8-14-10)15-11(2,3)7-12/h6,8H,4-5,7,12H2,1-3H3,(H,13,14,15). The normalized spacial score (nSPS) is 11.2. The third-order valence-corrected chi connectivity index (χ3v) is 2.07. The van der Waals surface area contributed by atoms with Gasteiger partial charge in [0.1, 0.15) is 12.1 Å². The second-order valence-electron chi connectivity index (χ2n) is 4.30. The van der Waals surface area contributed by atoms with Crippen LogP contribution >= 0.6 is 0 Å². The van der Waals surface area contributed by atoms with Gasteiger partial charge in [-0.25, -0.2) is 9.97 Å². The zero-order chi connectivity index (χ0) is 12.0. The molecule has 16 heavy (non-hydrogen) atoms. The molecule has 5 heteroatoms. The molecular weight excluding hydrogens is 204 g/mol. The van der Waals surface area contributed by atoms with Crippen molar-refractivity contribution in [2.24, 2.45) is 5.73 Å². The number of aromatic nitrogens is 2. The summed E-state index contributed by atoms with van der Waals surface area (Å²) < 4.78 is 5.42. The first-order valence-corrected chi connectivity index (χ1v) is 5.50. The zero-order valence-electron chi connectivity index (χ0n) is 10.2. The van der Waals surface area contributed by atoms with Crippen LogP contribution in [0.5, 0.6) is 5.88 Å². The van der Waals surface area contributed by atoms with E-state index in [1.807, 2.05) is 13.8 Å². The molecule has 0 bridgehead atoms. The van der Waals surface area contributed by atoms with E-state index in [-0.39, 0.29) is 5.54 Å². The van der Waals surface area contributed by atoms with E-state index in [9.17, 15) is 0 Å². The monoisotopic (exact) mass is 224 g/mol. The fraction of sp³-hybridized carbons (Fsp3) is 0.636. The Morgan fingerprint density at radius 3 is 2.81 bits per heavy atom. The van der Waals surface area contributed by atoms with Crippen LogP contribution in [0.3, 0.4) is 0 Å². The molecule has 0 fully saturated rings. The highest BCUT2D eigenvalue weighted by molar-refractivity contribution is 5.39. The summed E-state index contributed by atoms with van der Waals surface area (Å²) in [5, 5.41) is 3.23. The maximum absolute atomic E-state index is 5.64. The number of hydrogen-bond acceptors (Lipinski definition) is 5. The number of rotatable bonds is 6. The number of nitrogens with one attached hydrogen (secondary N) is 1. The van der Waals surface area contributed by atoms with E-state index in [1.165, 1.54) is 6.33 Å². The van der Waals surface area contributed by atoms with Crippen LogP contribution in [0.15, 0.2) is 12.4 Å². The second kappa shape index (κ2) is 5.65.